The molecule has 0 bridgehead atoms. The first kappa shape index (κ1) is 20.9. The predicted octanol–water partition coefficient (Wildman–Crippen LogP) is 5.37. The Balaban J connectivity index is 2.14. The van der Waals surface area contributed by atoms with Gasteiger partial charge in [-0.15, -0.1) is 0 Å². The van der Waals surface area contributed by atoms with E-state index in [1.807, 2.05) is 0 Å². The molecule has 0 saturated carbocycles. The van der Waals surface area contributed by atoms with Gasteiger partial charge in [-0.05, 0) is 25.7 Å². The molecule has 0 N–H and O–H groups in total. The Morgan fingerprint density at radius 1 is 0.607 bits per heavy atom. The van der Waals surface area contributed by atoms with E-state index in [-0.39, 0.29) is 0 Å². The molecule has 1 aromatic carbocycles. The van der Waals surface area contributed by atoms with Crippen molar-refractivity contribution in [1.29, 1.82) is 0 Å². The van der Waals surface area contributed by atoms with Crippen LogP contribution in [0.2, 0.25) is 0 Å². The van der Waals surface area contributed by atoms with Crippen molar-refractivity contribution in [2.24, 2.45) is 0 Å². The standard InChI is InChI=1S/C24H40N4/c1-5-9-13-25-19-26(14-10-6-2)22-18-24-23(17-21(22)25)27(15-11-7-3)20-28(24)16-12-8-4/h17-20H,5-16H2,1-4H3/q+2. The third-order valence-electron chi connectivity index (χ3n) is 5.88. The van der Waals surface area contributed by atoms with Gasteiger partial charge in [-0.2, -0.15) is 0 Å². The molecule has 3 aromatic rings. The number of fused-ring (bicyclic) bond motifs is 2. The van der Waals surface area contributed by atoms with Gasteiger partial charge in [0, 0.05) is 12.1 Å². The predicted molar refractivity (Wildman–Crippen MR) is 117 cm³/mol. The molecule has 0 aliphatic rings. The lowest BCUT2D eigenvalue weighted by Gasteiger charge is -1.98. The number of rotatable bonds is 12. The summed E-state index contributed by atoms with van der Waals surface area (Å²) in [5, 5.41) is 0. The zero-order valence-corrected chi connectivity index (χ0v) is 18.6. The molecule has 0 amide bonds. The molecule has 154 valence electrons. The van der Waals surface area contributed by atoms with Gasteiger partial charge in [0.2, 0.25) is 12.7 Å². The summed E-state index contributed by atoms with van der Waals surface area (Å²) in [6.45, 7) is 13.6. The summed E-state index contributed by atoms with van der Waals surface area (Å²) in [5.41, 5.74) is 5.59. The van der Waals surface area contributed by atoms with Gasteiger partial charge in [0.15, 0.2) is 22.1 Å². The van der Waals surface area contributed by atoms with Crippen LogP contribution in [0.3, 0.4) is 0 Å². The number of benzene rings is 1. The molecular formula is C24H40N4+2. The highest BCUT2D eigenvalue weighted by Crippen LogP contribution is 2.21. The monoisotopic (exact) mass is 384 g/mol. The third kappa shape index (κ3) is 4.42. The fraction of sp³-hybridized carbons (Fsp3) is 0.667. The van der Waals surface area contributed by atoms with Crippen LogP contribution in [-0.4, -0.2) is 9.13 Å². The Morgan fingerprint density at radius 2 is 1.04 bits per heavy atom. The van der Waals surface area contributed by atoms with Crippen LogP contribution in [0.4, 0.5) is 0 Å². The van der Waals surface area contributed by atoms with Crippen molar-refractivity contribution in [3.8, 4) is 0 Å². The molecule has 0 aliphatic heterocycles. The van der Waals surface area contributed by atoms with Gasteiger partial charge in [-0.1, -0.05) is 53.4 Å². The lowest BCUT2D eigenvalue weighted by molar-refractivity contribution is -0.676. The molecule has 0 atom stereocenters. The van der Waals surface area contributed by atoms with Crippen LogP contribution >= 0.6 is 0 Å². The van der Waals surface area contributed by atoms with Gasteiger partial charge in [0.05, 0.1) is 26.2 Å². The summed E-state index contributed by atoms with van der Waals surface area (Å²) in [5.74, 6) is 0. The summed E-state index contributed by atoms with van der Waals surface area (Å²) >= 11 is 0. The largest absolute Gasteiger partial charge is 0.244 e. The van der Waals surface area contributed by atoms with Crippen LogP contribution in [0, 0.1) is 0 Å². The zero-order chi connectivity index (χ0) is 19.9. The number of unbranched alkanes of at least 4 members (excludes halogenated alkanes) is 4. The quantitative estimate of drug-likeness (QED) is 0.374. The van der Waals surface area contributed by atoms with Crippen molar-refractivity contribution in [1.82, 2.24) is 9.13 Å². The van der Waals surface area contributed by atoms with E-state index >= 15 is 0 Å². The molecule has 4 nitrogen and oxygen atoms in total. The maximum atomic E-state index is 2.49. The summed E-state index contributed by atoms with van der Waals surface area (Å²) in [7, 11) is 0. The molecule has 28 heavy (non-hydrogen) atoms. The second-order valence-electron chi connectivity index (χ2n) is 8.25. The molecule has 4 heteroatoms. The van der Waals surface area contributed by atoms with E-state index in [4.69, 9.17) is 0 Å². The summed E-state index contributed by atoms with van der Waals surface area (Å²) < 4.78 is 9.95. The first-order chi connectivity index (χ1) is 13.7. The highest BCUT2D eigenvalue weighted by Gasteiger charge is 2.23. The van der Waals surface area contributed by atoms with Crippen LogP contribution in [0.25, 0.3) is 22.1 Å². The first-order valence-corrected chi connectivity index (χ1v) is 11.7. The van der Waals surface area contributed by atoms with Crippen LogP contribution in [-0.2, 0) is 26.2 Å². The molecule has 2 aromatic heterocycles. The Morgan fingerprint density at radius 3 is 1.43 bits per heavy atom. The van der Waals surface area contributed by atoms with E-state index in [0.717, 1.165) is 26.2 Å². The van der Waals surface area contributed by atoms with Crippen molar-refractivity contribution >= 4 is 22.1 Å². The smallest absolute Gasteiger partial charge is 0.230 e. The summed E-state index contributed by atoms with van der Waals surface area (Å²) in [6.07, 6.45) is 14.6. The molecule has 0 aliphatic carbocycles. The van der Waals surface area contributed by atoms with Crippen molar-refractivity contribution < 1.29 is 9.13 Å². The Bertz CT molecular complexity index is 748. The molecule has 3 rings (SSSR count). The molecule has 2 heterocycles. The Hall–Kier alpha value is -1.84. The third-order valence-corrected chi connectivity index (χ3v) is 5.88. The van der Waals surface area contributed by atoms with Crippen molar-refractivity contribution in [2.75, 3.05) is 0 Å². The van der Waals surface area contributed by atoms with Gasteiger partial charge >= 0.3 is 0 Å². The maximum absolute atomic E-state index is 2.49. The molecule has 0 radical (unpaired) electrons. The SMILES string of the molecule is CCCCn1c[n+](CCCC)c2cc3c(cc21)n(CCCC)c[n+]3CCCC. The summed E-state index contributed by atoms with van der Waals surface area (Å²) in [4.78, 5) is 0. The molecule has 0 spiro atoms. The Labute approximate surface area is 170 Å². The van der Waals surface area contributed by atoms with Crippen LogP contribution in [0.1, 0.15) is 79.1 Å². The van der Waals surface area contributed by atoms with E-state index in [2.05, 4.69) is 70.8 Å². The van der Waals surface area contributed by atoms with E-state index in [1.165, 1.54) is 73.4 Å². The lowest BCUT2D eigenvalue weighted by Crippen LogP contribution is -2.34. The van der Waals surface area contributed by atoms with Gasteiger partial charge in [0.25, 0.3) is 0 Å². The van der Waals surface area contributed by atoms with Crippen LogP contribution in [0.15, 0.2) is 24.8 Å². The van der Waals surface area contributed by atoms with E-state index in [1.54, 1.807) is 0 Å². The minimum absolute atomic E-state index is 1.11. The first-order valence-electron chi connectivity index (χ1n) is 11.7. The van der Waals surface area contributed by atoms with E-state index in [0.29, 0.717) is 0 Å². The van der Waals surface area contributed by atoms with Crippen molar-refractivity contribution in [2.45, 2.75) is 105 Å². The second kappa shape index (κ2) is 10.1. The normalized spacial score (nSPS) is 11.9. The molecular weight excluding hydrogens is 344 g/mol. The van der Waals surface area contributed by atoms with Crippen LogP contribution < -0.4 is 9.13 Å². The minimum atomic E-state index is 1.11. The number of hydrogen-bond donors (Lipinski definition) is 0. The minimum Gasteiger partial charge on any atom is -0.230 e. The van der Waals surface area contributed by atoms with E-state index in [9.17, 15) is 0 Å². The number of aryl methyl sites for hydroxylation is 4. The van der Waals surface area contributed by atoms with Gasteiger partial charge in [-0.3, -0.25) is 0 Å². The van der Waals surface area contributed by atoms with Gasteiger partial charge < -0.3 is 0 Å². The number of imidazole rings is 2. The topological polar surface area (TPSA) is 17.6 Å². The van der Waals surface area contributed by atoms with Gasteiger partial charge in [-0.25, -0.2) is 18.3 Å². The highest BCUT2D eigenvalue weighted by molar-refractivity contribution is 5.88. The van der Waals surface area contributed by atoms with Crippen LogP contribution in [0.5, 0.6) is 0 Å². The van der Waals surface area contributed by atoms with Crippen molar-refractivity contribution in [3.63, 3.8) is 0 Å². The van der Waals surface area contributed by atoms with Gasteiger partial charge in [0.1, 0.15) is 0 Å². The average molecular weight is 385 g/mol. The fourth-order valence-electron chi connectivity index (χ4n) is 4.09. The second-order valence-corrected chi connectivity index (χ2v) is 8.25. The maximum Gasteiger partial charge on any atom is 0.244 e. The number of hydrogen-bond acceptors (Lipinski definition) is 0. The lowest BCUT2D eigenvalue weighted by atomic mass is 10.2. The average Bonchev–Trinajstić information content (AvgIpc) is 3.23. The van der Waals surface area contributed by atoms with Crippen molar-refractivity contribution in [3.05, 3.63) is 24.8 Å². The molecule has 0 fully saturated rings. The number of aromatic nitrogens is 4. The number of nitrogens with zero attached hydrogens (tertiary/aromatic N) is 4. The zero-order valence-electron chi connectivity index (χ0n) is 18.6. The Kier molecular flexibility index (Phi) is 7.52. The fourth-order valence-corrected chi connectivity index (χ4v) is 4.09. The molecule has 0 saturated heterocycles. The summed E-state index contributed by atoms with van der Waals surface area (Å²) in [6, 6.07) is 4.92. The van der Waals surface area contributed by atoms with E-state index < -0.39 is 0 Å². The highest BCUT2D eigenvalue weighted by atomic mass is 15.2. The molecule has 0 unspecified atom stereocenters.